The molecule has 1 amide bonds. The maximum atomic E-state index is 11.7. The molecule has 2 rings (SSSR count). The number of carbonyl (C=O) groups excluding carboxylic acids is 1. The van der Waals surface area contributed by atoms with Gasteiger partial charge in [-0.2, -0.15) is 0 Å². The lowest BCUT2D eigenvalue weighted by molar-refractivity contribution is -0.122. The van der Waals surface area contributed by atoms with Gasteiger partial charge in [0.15, 0.2) is 5.13 Å². The van der Waals surface area contributed by atoms with Crippen LogP contribution in [0.5, 0.6) is 0 Å². The van der Waals surface area contributed by atoms with Gasteiger partial charge < -0.3 is 15.0 Å². The Kier molecular flexibility index (Phi) is 4.54. The molecule has 2 heterocycles. The summed E-state index contributed by atoms with van der Waals surface area (Å²) < 4.78 is 5.25. The molecule has 0 unspecified atom stereocenters. The molecule has 1 aliphatic rings. The smallest absolute Gasteiger partial charge is 0.220 e. The van der Waals surface area contributed by atoms with E-state index in [1.54, 1.807) is 11.3 Å². The molecule has 1 saturated heterocycles. The van der Waals surface area contributed by atoms with Gasteiger partial charge in [0.1, 0.15) is 0 Å². The predicted molar refractivity (Wildman–Crippen MR) is 71.8 cm³/mol. The summed E-state index contributed by atoms with van der Waals surface area (Å²) in [5.74, 6) is 0.475. The lowest BCUT2D eigenvalue weighted by Crippen LogP contribution is -2.25. The number of rotatable bonds is 5. The first-order valence-electron chi connectivity index (χ1n) is 6.11. The van der Waals surface area contributed by atoms with Crippen LogP contribution in [0.3, 0.4) is 0 Å². The number of thiazole rings is 1. The van der Waals surface area contributed by atoms with Crippen molar-refractivity contribution in [1.29, 1.82) is 0 Å². The van der Waals surface area contributed by atoms with Gasteiger partial charge in [0.25, 0.3) is 0 Å². The molecule has 1 N–H and O–H groups in total. The van der Waals surface area contributed by atoms with Gasteiger partial charge in [-0.3, -0.25) is 4.79 Å². The third-order valence-corrected chi connectivity index (χ3v) is 3.94. The van der Waals surface area contributed by atoms with Crippen molar-refractivity contribution in [2.75, 3.05) is 32.2 Å². The first-order valence-corrected chi connectivity index (χ1v) is 6.99. The zero-order valence-electron chi connectivity index (χ0n) is 10.8. The van der Waals surface area contributed by atoms with Crippen LogP contribution >= 0.6 is 11.3 Å². The van der Waals surface area contributed by atoms with Crippen LogP contribution in [0.25, 0.3) is 0 Å². The van der Waals surface area contributed by atoms with Crippen LogP contribution < -0.4 is 10.2 Å². The van der Waals surface area contributed by atoms with Gasteiger partial charge >= 0.3 is 0 Å². The molecule has 1 aliphatic heterocycles. The fraction of sp³-hybridized carbons (Fsp3) is 0.667. The number of aromatic nitrogens is 1. The molecule has 100 valence electrons. The highest BCUT2D eigenvalue weighted by atomic mass is 32.1. The zero-order chi connectivity index (χ0) is 13.0. The highest BCUT2D eigenvalue weighted by molar-refractivity contribution is 7.13. The minimum Gasteiger partial charge on any atom is -0.381 e. The van der Waals surface area contributed by atoms with Gasteiger partial charge in [-0.25, -0.2) is 4.98 Å². The van der Waals surface area contributed by atoms with Crippen LogP contribution in [0, 0.1) is 5.92 Å². The molecule has 0 aliphatic carbocycles. The summed E-state index contributed by atoms with van der Waals surface area (Å²) in [5.41, 5.74) is 0.916. The third-order valence-electron chi connectivity index (χ3n) is 2.89. The maximum absolute atomic E-state index is 11.7. The Morgan fingerprint density at radius 1 is 1.67 bits per heavy atom. The first-order chi connectivity index (χ1) is 8.65. The fourth-order valence-corrected chi connectivity index (χ4v) is 2.61. The second kappa shape index (κ2) is 6.15. The topological polar surface area (TPSA) is 54.5 Å². The quantitative estimate of drug-likeness (QED) is 0.874. The Bertz CT molecular complexity index is 400. The highest BCUT2D eigenvalue weighted by Gasteiger charge is 2.18. The Labute approximate surface area is 111 Å². The SMILES string of the molecule is CN(C)c1nc(CNC(=O)C[C@H]2CCOC2)cs1. The number of anilines is 1. The lowest BCUT2D eigenvalue weighted by atomic mass is 10.1. The van der Waals surface area contributed by atoms with Gasteiger partial charge in [0.2, 0.25) is 5.91 Å². The molecule has 1 fully saturated rings. The summed E-state index contributed by atoms with van der Waals surface area (Å²) in [7, 11) is 3.92. The normalized spacial score (nSPS) is 18.9. The molecule has 18 heavy (non-hydrogen) atoms. The van der Waals surface area contributed by atoms with E-state index in [0.29, 0.717) is 18.9 Å². The summed E-state index contributed by atoms with van der Waals surface area (Å²) in [6.45, 7) is 2.02. The molecule has 0 radical (unpaired) electrons. The molecule has 0 bridgehead atoms. The van der Waals surface area contributed by atoms with Crippen molar-refractivity contribution in [3.05, 3.63) is 11.1 Å². The lowest BCUT2D eigenvalue weighted by Gasteiger charge is -2.08. The van der Waals surface area contributed by atoms with E-state index in [9.17, 15) is 4.79 Å². The standard InChI is InChI=1S/C12H19N3O2S/c1-15(2)12-14-10(8-18-12)6-13-11(16)5-9-3-4-17-7-9/h8-9H,3-7H2,1-2H3,(H,13,16)/t9-/m1/s1. The van der Waals surface area contributed by atoms with Crippen molar-refractivity contribution >= 4 is 22.4 Å². The van der Waals surface area contributed by atoms with Crippen LogP contribution in [0.4, 0.5) is 5.13 Å². The van der Waals surface area contributed by atoms with Crippen molar-refractivity contribution in [3.63, 3.8) is 0 Å². The number of carbonyl (C=O) groups is 1. The summed E-state index contributed by atoms with van der Waals surface area (Å²) in [6.07, 6.45) is 1.56. The van der Waals surface area contributed by atoms with Crippen LogP contribution in [-0.2, 0) is 16.1 Å². The number of nitrogens with one attached hydrogen (secondary N) is 1. The van der Waals surface area contributed by atoms with E-state index in [-0.39, 0.29) is 5.91 Å². The average molecular weight is 269 g/mol. The summed E-state index contributed by atoms with van der Waals surface area (Å²) >= 11 is 1.59. The van der Waals surface area contributed by atoms with Crippen LogP contribution in [-0.4, -0.2) is 38.2 Å². The molecule has 1 atom stereocenters. The van der Waals surface area contributed by atoms with Crippen molar-refractivity contribution in [1.82, 2.24) is 10.3 Å². The average Bonchev–Trinajstić information content (AvgIpc) is 2.96. The Morgan fingerprint density at radius 3 is 3.11 bits per heavy atom. The predicted octanol–water partition coefficient (Wildman–Crippen LogP) is 1.25. The Hall–Kier alpha value is -1.14. The number of nitrogens with zero attached hydrogens (tertiary/aromatic N) is 2. The summed E-state index contributed by atoms with van der Waals surface area (Å²) in [5, 5.41) is 5.85. The van der Waals surface area contributed by atoms with Crippen LogP contribution in [0.2, 0.25) is 0 Å². The van der Waals surface area contributed by atoms with Crippen molar-refractivity contribution in [2.45, 2.75) is 19.4 Å². The summed E-state index contributed by atoms with van der Waals surface area (Å²) in [6, 6.07) is 0. The van der Waals surface area contributed by atoms with E-state index in [1.807, 2.05) is 24.4 Å². The molecular formula is C12H19N3O2S. The first kappa shape index (κ1) is 13.3. The van der Waals surface area contributed by atoms with Gasteiger partial charge in [0, 0.05) is 39.1 Å². The molecule has 1 aromatic rings. The van der Waals surface area contributed by atoms with E-state index in [0.717, 1.165) is 30.5 Å². The minimum absolute atomic E-state index is 0.0879. The van der Waals surface area contributed by atoms with Crippen molar-refractivity contribution in [3.8, 4) is 0 Å². The van der Waals surface area contributed by atoms with Crippen molar-refractivity contribution < 1.29 is 9.53 Å². The van der Waals surface area contributed by atoms with E-state index in [1.165, 1.54) is 0 Å². The van der Waals surface area contributed by atoms with Gasteiger partial charge in [0.05, 0.1) is 12.2 Å². The van der Waals surface area contributed by atoms with E-state index in [2.05, 4.69) is 10.3 Å². The number of ether oxygens (including phenoxy) is 1. The number of hydrogen-bond acceptors (Lipinski definition) is 5. The Balaban J connectivity index is 1.74. The summed E-state index contributed by atoms with van der Waals surface area (Å²) in [4.78, 5) is 18.1. The molecule has 0 saturated carbocycles. The van der Waals surface area contributed by atoms with Crippen LogP contribution in [0.1, 0.15) is 18.5 Å². The fourth-order valence-electron chi connectivity index (χ4n) is 1.85. The monoisotopic (exact) mass is 269 g/mol. The highest BCUT2D eigenvalue weighted by Crippen LogP contribution is 2.18. The van der Waals surface area contributed by atoms with Gasteiger partial charge in [-0.15, -0.1) is 11.3 Å². The number of amides is 1. The molecule has 6 heteroatoms. The van der Waals surface area contributed by atoms with E-state index >= 15 is 0 Å². The molecular weight excluding hydrogens is 250 g/mol. The van der Waals surface area contributed by atoms with Crippen LogP contribution in [0.15, 0.2) is 5.38 Å². The Morgan fingerprint density at radius 2 is 2.50 bits per heavy atom. The second-order valence-corrected chi connectivity index (χ2v) is 5.56. The second-order valence-electron chi connectivity index (χ2n) is 4.73. The molecule has 0 aromatic carbocycles. The van der Waals surface area contributed by atoms with E-state index in [4.69, 9.17) is 4.74 Å². The van der Waals surface area contributed by atoms with Gasteiger partial charge in [-0.1, -0.05) is 0 Å². The maximum Gasteiger partial charge on any atom is 0.220 e. The van der Waals surface area contributed by atoms with Gasteiger partial charge in [-0.05, 0) is 12.3 Å². The zero-order valence-corrected chi connectivity index (χ0v) is 11.6. The largest absolute Gasteiger partial charge is 0.381 e. The molecule has 0 spiro atoms. The third kappa shape index (κ3) is 3.68. The minimum atomic E-state index is 0.0879. The molecule has 1 aromatic heterocycles. The van der Waals surface area contributed by atoms with E-state index < -0.39 is 0 Å². The molecule has 5 nitrogen and oxygen atoms in total. The number of hydrogen-bond donors (Lipinski definition) is 1. The van der Waals surface area contributed by atoms with Crippen molar-refractivity contribution in [2.24, 2.45) is 5.92 Å².